The Balaban J connectivity index is 1.62. The number of carbonyl (C=O) groups excluding carboxylic acids is 1. The summed E-state index contributed by atoms with van der Waals surface area (Å²) in [6.07, 6.45) is 3.87. The molecule has 1 aromatic rings. The van der Waals surface area contributed by atoms with Crippen LogP contribution in [0.15, 0.2) is 30.3 Å². The molecule has 19 heavy (non-hydrogen) atoms. The minimum atomic E-state index is 0.0376. The van der Waals surface area contributed by atoms with Crippen molar-refractivity contribution >= 4 is 5.91 Å². The first kappa shape index (κ1) is 13.9. The molecule has 0 spiro atoms. The molecule has 0 atom stereocenters. The molecule has 0 radical (unpaired) electrons. The van der Waals surface area contributed by atoms with E-state index in [1.807, 2.05) is 30.3 Å². The summed E-state index contributed by atoms with van der Waals surface area (Å²) < 4.78 is 5.49. The van der Waals surface area contributed by atoms with Gasteiger partial charge in [-0.15, -0.1) is 0 Å². The second-order valence-corrected chi connectivity index (χ2v) is 5.25. The number of ether oxygens (including phenoxy) is 1. The van der Waals surface area contributed by atoms with Crippen molar-refractivity contribution in [3.05, 3.63) is 30.3 Å². The number of hydrogen-bond donors (Lipinski definition) is 2. The number of para-hydroxylation sites is 1. The fraction of sp³-hybridized carbons (Fsp3) is 0.533. The highest BCUT2D eigenvalue weighted by Crippen LogP contribution is 2.39. The Bertz CT molecular complexity index is 396. The second-order valence-electron chi connectivity index (χ2n) is 5.25. The van der Waals surface area contributed by atoms with E-state index in [0.717, 1.165) is 18.6 Å². The lowest BCUT2D eigenvalue weighted by Gasteiger charge is -2.41. The highest BCUT2D eigenvalue weighted by Gasteiger charge is 2.35. The van der Waals surface area contributed by atoms with Crippen molar-refractivity contribution in [1.29, 1.82) is 0 Å². The van der Waals surface area contributed by atoms with Crippen LogP contribution in [0.4, 0.5) is 0 Å². The van der Waals surface area contributed by atoms with Gasteiger partial charge in [0.2, 0.25) is 5.91 Å². The minimum absolute atomic E-state index is 0.0376. The lowest BCUT2D eigenvalue weighted by atomic mass is 9.69. The summed E-state index contributed by atoms with van der Waals surface area (Å²) in [6, 6.07) is 9.53. The third-order valence-corrected chi connectivity index (χ3v) is 3.85. The van der Waals surface area contributed by atoms with E-state index in [0.29, 0.717) is 26.1 Å². The third kappa shape index (κ3) is 3.96. The monoisotopic (exact) mass is 262 g/mol. The molecule has 0 aliphatic heterocycles. The molecule has 104 valence electrons. The van der Waals surface area contributed by atoms with Crippen molar-refractivity contribution in [2.75, 3.05) is 19.7 Å². The predicted octanol–water partition coefficient (Wildman–Crippen LogP) is 1.70. The Morgan fingerprint density at radius 2 is 2.05 bits per heavy atom. The summed E-state index contributed by atoms with van der Waals surface area (Å²) in [5.74, 6) is 0.836. The fourth-order valence-corrected chi connectivity index (χ4v) is 2.28. The van der Waals surface area contributed by atoms with Crippen molar-refractivity contribution in [2.24, 2.45) is 11.1 Å². The standard InChI is InChI=1S/C15H22N2O2/c16-11-15(8-4-9-15)12-17-14(18)7-10-19-13-5-2-1-3-6-13/h1-3,5-6H,4,7-12,16H2,(H,17,18). The number of amides is 1. The van der Waals surface area contributed by atoms with Crippen molar-refractivity contribution in [3.63, 3.8) is 0 Å². The molecular weight excluding hydrogens is 240 g/mol. The molecule has 1 aliphatic rings. The van der Waals surface area contributed by atoms with Gasteiger partial charge in [0, 0.05) is 6.54 Å². The topological polar surface area (TPSA) is 64.3 Å². The van der Waals surface area contributed by atoms with Crippen LogP contribution < -0.4 is 15.8 Å². The molecule has 4 heteroatoms. The van der Waals surface area contributed by atoms with Gasteiger partial charge in [0.25, 0.3) is 0 Å². The molecule has 1 aromatic carbocycles. The van der Waals surface area contributed by atoms with Gasteiger partial charge >= 0.3 is 0 Å². The van der Waals surface area contributed by atoms with Gasteiger partial charge < -0.3 is 15.8 Å². The van der Waals surface area contributed by atoms with Gasteiger partial charge in [-0.1, -0.05) is 24.6 Å². The van der Waals surface area contributed by atoms with Crippen LogP contribution in [0.3, 0.4) is 0 Å². The van der Waals surface area contributed by atoms with Crippen LogP contribution in [0.2, 0.25) is 0 Å². The Morgan fingerprint density at radius 3 is 2.63 bits per heavy atom. The summed E-state index contributed by atoms with van der Waals surface area (Å²) in [6.45, 7) is 1.77. The van der Waals surface area contributed by atoms with Crippen molar-refractivity contribution in [2.45, 2.75) is 25.7 Å². The van der Waals surface area contributed by atoms with Crippen molar-refractivity contribution < 1.29 is 9.53 Å². The molecule has 0 heterocycles. The average molecular weight is 262 g/mol. The number of rotatable bonds is 7. The van der Waals surface area contributed by atoms with E-state index in [1.54, 1.807) is 0 Å². The Labute approximate surface area is 114 Å². The van der Waals surface area contributed by atoms with Gasteiger partial charge in [-0.2, -0.15) is 0 Å². The Hall–Kier alpha value is -1.55. The zero-order valence-corrected chi connectivity index (χ0v) is 11.2. The quantitative estimate of drug-likeness (QED) is 0.786. The summed E-state index contributed by atoms with van der Waals surface area (Å²) >= 11 is 0. The van der Waals surface area contributed by atoms with E-state index >= 15 is 0 Å². The van der Waals surface area contributed by atoms with E-state index in [4.69, 9.17) is 10.5 Å². The number of benzene rings is 1. The smallest absolute Gasteiger partial charge is 0.223 e. The van der Waals surface area contributed by atoms with Crippen LogP contribution in [0.1, 0.15) is 25.7 Å². The average Bonchev–Trinajstić information content (AvgIpc) is 2.39. The van der Waals surface area contributed by atoms with E-state index in [-0.39, 0.29) is 11.3 Å². The number of nitrogens with one attached hydrogen (secondary N) is 1. The normalized spacial score (nSPS) is 16.5. The highest BCUT2D eigenvalue weighted by atomic mass is 16.5. The van der Waals surface area contributed by atoms with E-state index in [9.17, 15) is 4.79 Å². The second kappa shape index (κ2) is 6.57. The van der Waals surface area contributed by atoms with Crippen LogP contribution in [-0.4, -0.2) is 25.6 Å². The van der Waals surface area contributed by atoms with Crippen LogP contribution in [-0.2, 0) is 4.79 Å². The Morgan fingerprint density at radius 1 is 1.32 bits per heavy atom. The van der Waals surface area contributed by atoms with Gasteiger partial charge in [-0.25, -0.2) is 0 Å². The van der Waals surface area contributed by atoms with Crippen molar-refractivity contribution in [3.8, 4) is 5.75 Å². The molecule has 0 aromatic heterocycles. The zero-order chi connectivity index (χ0) is 13.6. The van der Waals surface area contributed by atoms with Crippen LogP contribution in [0, 0.1) is 5.41 Å². The lowest BCUT2D eigenvalue weighted by molar-refractivity contribution is -0.122. The first-order chi connectivity index (χ1) is 9.24. The number of nitrogens with two attached hydrogens (primary N) is 1. The molecule has 0 saturated heterocycles. The molecule has 1 saturated carbocycles. The molecule has 2 rings (SSSR count). The molecule has 3 N–H and O–H groups in total. The van der Waals surface area contributed by atoms with E-state index in [1.165, 1.54) is 6.42 Å². The molecule has 1 aliphatic carbocycles. The Kier molecular flexibility index (Phi) is 4.80. The third-order valence-electron chi connectivity index (χ3n) is 3.85. The number of hydrogen-bond acceptors (Lipinski definition) is 3. The maximum atomic E-state index is 11.7. The molecule has 0 bridgehead atoms. The first-order valence-electron chi connectivity index (χ1n) is 6.89. The number of carbonyl (C=O) groups is 1. The first-order valence-corrected chi connectivity index (χ1v) is 6.89. The van der Waals surface area contributed by atoms with Gasteiger partial charge in [0.05, 0.1) is 13.0 Å². The maximum Gasteiger partial charge on any atom is 0.223 e. The zero-order valence-electron chi connectivity index (χ0n) is 11.2. The lowest BCUT2D eigenvalue weighted by Crippen LogP contribution is -2.47. The summed E-state index contributed by atoms with van der Waals surface area (Å²) in [4.78, 5) is 11.7. The molecule has 4 nitrogen and oxygen atoms in total. The maximum absolute atomic E-state index is 11.7. The summed E-state index contributed by atoms with van der Waals surface area (Å²) in [5.41, 5.74) is 5.92. The minimum Gasteiger partial charge on any atom is -0.493 e. The summed E-state index contributed by atoms with van der Waals surface area (Å²) in [7, 11) is 0. The van der Waals surface area contributed by atoms with Gasteiger partial charge in [0.15, 0.2) is 0 Å². The van der Waals surface area contributed by atoms with E-state index < -0.39 is 0 Å². The van der Waals surface area contributed by atoms with Gasteiger partial charge in [0.1, 0.15) is 5.75 Å². The molecule has 1 fully saturated rings. The van der Waals surface area contributed by atoms with Gasteiger partial charge in [-0.3, -0.25) is 4.79 Å². The van der Waals surface area contributed by atoms with E-state index in [2.05, 4.69) is 5.32 Å². The van der Waals surface area contributed by atoms with Crippen molar-refractivity contribution in [1.82, 2.24) is 5.32 Å². The molecule has 1 amide bonds. The predicted molar refractivity (Wildman–Crippen MR) is 74.9 cm³/mol. The molecular formula is C15H22N2O2. The van der Waals surface area contributed by atoms with Crippen LogP contribution in [0.25, 0.3) is 0 Å². The van der Waals surface area contributed by atoms with Crippen LogP contribution in [0.5, 0.6) is 5.75 Å². The fourth-order valence-electron chi connectivity index (χ4n) is 2.28. The van der Waals surface area contributed by atoms with Gasteiger partial charge in [-0.05, 0) is 36.9 Å². The summed E-state index contributed by atoms with van der Waals surface area (Å²) in [5, 5.41) is 2.96. The highest BCUT2D eigenvalue weighted by molar-refractivity contribution is 5.76. The van der Waals surface area contributed by atoms with Crippen LogP contribution >= 0.6 is 0 Å². The SMILES string of the molecule is NCC1(CNC(=O)CCOc2ccccc2)CCC1. The molecule has 0 unspecified atom stereocenters. The largest absolute Gasteiger partial charge is 0.493 e.